The number of halogens is 1. The van der Waals surface area contributed by atoms with Gasteiger partial charge < -0.3 is 0 Å². The zero-order valence-electron chi connectivity index (χ0n) is 12.7. The molecule has 0 atom stereocenters. The Balaban J connectivity index is 1.91. The predicted molar refractivity (Wildman–Crippen MR) is 90.2 cm³/mol. The number of carbonyl (C=O) groups is 1. The molecule has 1 aromatic heterocycles. The first-order chi connectivity index (χ1) is 11.7. The Morgan fingerprint density at radius 2 is 1.67 bits per heavy atom. The second-order valence-corrected chi connectivity index (χ2v) is 4.99. The molecule has 1 heterocycles. The van der Waals surface area contributed by atoms with Gasteiger partial charge >= 0.3 is 0 Å². The molecule has 0 unspecified atom stereocenters. The van der Waals surface area contributed by atoms with Gasteiger partial charge in [0, 0.05) is 17.3 Å². The highest BCUT2D eigenvalue weighted by Gasteiger charge is 2.10. The lowest BCUT2D eigenvalue weighted by Gasteiger charge is -2.07. The minimum Gasteiger partial charge on any atom is -0.267 e. The van der Waals surface area contributed by atoms with Gasteiger partial charge in [-0.05, 0) is 30.3 Å². The molecule has 0 aliphatic rings. The van der Waals surface area contributed by atoms with Crippen molar-refractivity contribution in [2.75, 3.05) is 0 Å². The molecule has 3 rings (SSSR count). The lowest BCUT2D eigenvalue weighted by molar-refractivity contribution is 0.0954. The van der Waals surface area contributed by atoms with Gasteiger partial charge in [0.25, 0.3) is 5.91 Å². The summed E-state index contributed by atoms with van der Waals surface area (Å²) in [6, 6.07) is 20.3. The average molecular weight is 319 g/mol. The molecule has 0 saturated carbocycles. The van der Waals surface area contributed by atoms with Crippen molar-refractivity contribution in [2.45, 2.75) is 0 Å². The van der Waals surface area contributed by atoms with E-state index in [0.29, 0.717) is 11.4 Å². The summed E-state index contributed by atoms with van der Waals surface area (Å²) >= 11 is 0. The molecule has 0 bridgehead atoms. The van der Waals surface area contributed by atoms with Crippen molar-refractivity contribution in [2.24, 2.45) is 5.10 Å². The summed E-state index contributed by atoms with van der Waals surface area (Å²) in [5.74, 6) is -0.960. The number of hydrogen-bond acceptors (Lipinski definition) is 3. The SMILES string of the molecule is O=C(N/N=C(\c1ccccc1)c1ccccn1)c1cccc(F)c1. The zero-order valence-corrected chi connectivity index (χ0v) is 12.7. The summed E-state index contributed by atoms with van der Waals surface area (Å²) in [7, 11) is 0. The number of rotatable bonds is 4. The minimum absolute atomic E-state index is 0.201. The monoisotopic (exact) mass is 319 g/mol. The Kier molecular flexibility index (Phi) is 4.72. The molecular weight excluding hydrogens is 305 g/mol. The second kappa shape index (κ2) is 7.28. The van der Waals surface area contributed by atoms with Crippen LogP contribution in [-0.4, -0.2) is 16.6 Å². The van der Waals surface area contributed by atoms with E-state index in [4.69, 9.17) is 0 Å². The normalized spacial score (nSPS) is 11.1. The van der Waals surface area contributed by atoms with Crippen LogP contribution in [0.25, 0.3) is 0 Å². The van der Waals surface area contributed by atoms with Crippen molar-refractivity contribution in [1.82, 2.24) is 10.4 Å². The average Bonchev–Trinajstić information content (AvgIpc) is 2.63. The van der Waals surface area contributed by atoms with E-state index < -0.39 is 11.7 Å². The number of hydrazone groups is 1. The standard InChI is InChI=1S/C19H14FN3O/c20-16-10-6-9-15(13-16)19(24)23-22-18(14-7-2-1-3-8-14)17-11-4-5-12-21-17/h1-13H,(H,23,24)/b22-18+. The van der Waals surface area contributed by atoms with Gasteiger partial charge in [0.05, 0.1) is 5.69 Å². The Labute approximate surface area is 138 Å². The van der Waals surface area contributed by atoms with E-state index in [1.807, 2.05) is 36.4 Å². The molecule has 1 N–H and O–H groups in total. The molecule has 4 nitrogen and oxygen atoms in total. The van der Waals surface area contributed by atoms with Gasteiger partial charge in [-0.1, -0.05) is 42.5 Å². The van der Waals surface area contributed by atoms with Gasteiger partial charge in [-0.25, -0.2) is 9.82 Å². The number of amides is 1. The van der Waals surface area contributed by atoms with Crippen LogP contribution in [0.2, 0.25) is 0 Å². The number of nitrogens with one attached hydrogen (secondary N) is 1. The first kappa shape index (κ1) is 15.6. The number of aromatic nitrogens is 1. The molecular formula is C19H14FN3O. The molecule has 3 aromatic rings. The van der Waals surface area contributed by atoms with Crippen molar-refractivity contribution in [3.8, 4) is 0 Å². The van der Waals surface area contributed by atoms with Gasteiger partial charge in [-0.3, -0.25) is 9.78 Å². The molecule has 118 valence electrons. The van der Waals surface area contributed by atoms with Crippen LogP contribution in [0.15, 0.2) is 84.1 Å². The first-order valence-corrected chi connectivity index (χ1v) is 7.34. The van der Waals surface area contributed by atoms with Crippen LogP contribution in [0.1, 0.15) is 21.6 Å². The van der Waals surface area contributed by atoms with E-state index >= 15 is 0 Å². The summed E-state index contributed by atoms with van der Waals surface area (Å²) in [6.45, 7) is 0. The lowest BCUT2D eigenvalue weighted by Crippen LogP contribution is -2.21. The summed E-state index contributed by atoms with van der Waals surface area (Å²) < 4.78 is 13.2. The van der Waals surface area contributed by atoms with Crippen LogP contribution < -0.4 is 5.43 Å². The third kappa shape index (κ3) is 3.70. The van der Waals surface area contributed by atoms with Crippen LogP contribution in [-0.2, 0) is 0 Å². The maximum absolute atomic E-state index is 13.2. The Bertz CT molecular complexity index is 823. The van der Waals surface area contributed by atoms with E-state index in [-0.39, 0.29) is 5.56 Å². The number of hydrogen-bond donors (Lipinski definition) is 1. The largest absolute Gasteiger partial charge is 0.271 e. The van der Waals surface area contributed by atoms with Crippen molar-refractivity contribution in [3.63, 3.8) is 0 Å². The molecule has 1 amide bonds. The quantitative estimate of drug-likeness (QED) is 0.592. The molecule has 0 saturated heterocycles. The fourth-order valence-electron chi connectivity index (χ4n) is 2.17. The number of pyridine rings is 1. The van der Waals surface area contributed by atoms with Crippen LogP contribution in [0, 0.1) is 5.82 Å². The third-order valence-corrected chi connectivity index (χ3v) is 3.31. The predicted octanol–water partition coefficient (Wildman–Crippen LogP) is 3.40. The summed E-state index contributed by atoms with van der Waals surface area (Å²) in [4.78, 5) is 16.4. The smallest absolute Gasteiger partial charge is 0.267 e. The van der Waals surface area contributed by atoms with Gasteiger partial charge in [0.1, 0.15) is 11.5 Å². The fourth-order valence-corrected chi connectivity index (χ4v) is 2.17. The van der Waals surface area contributed by atoms with Crippen LogP contribution >= 0.6 is 0 Å². The van der Waals surface area contributed by atoms with E-state index in [1.165, 1.54) is 18.2 Å². The summed E-state index contributed by atoms with van der Waals surface area (Å²) in [5.41, 5.74) is 4.64. The Hall–Kier alpha value is -3.34. The Morgan fingerprint density at radius 1 is 0.917 bits per heavy atom. The van der Waals surface area contributed by atoms with Gasteiger partial charge in [0.2, 0.25) is 0 Å². The van der Waals surface area contributed by atoms with Crippen molar-refractivity contribution >= 4 is 11.6 Å². The first-order valence-electron chi connectivity index (χ1n) is 7.34. The lowest BCUT2D eigenvalue weighted by atomic mass is 10.1. The number of nitrogens with zero attached hydrogens (tertiary/aromatic N) is 2. The molecule has 0 aliphatic heterocycles. The van der Waals surface area contributed by atoms with E-state index in [0.717, 1.165) is 11.6 Å². The molecule has 0 fully saturated rings. The van der Waals surface area contributed by atoms with Crippen LogP contribution in [0.5, 0.6) is 0 Å². The van der Waals surface area contributed by atoms with Gasteiger partial charge in [0.15, 0.2) is 0 Å². The van der Waals surface area contributed by atoms with Gasteiger partial charge in [-0.2, -0.15) is 5.10 Å². The fraction of sp³-hybridized carbons (Fsp3) is 0. The molecule has 0 spiro atoms. The molecule has 0 radical (unpaired) electrons. The summed E-state index contributed by atoms with van der Waals surface area (Å²) in [6.07, 6.45) is 1.65. The zero-order chi connectivity index (χ0) is 16.8. The van der Waals surface area contributed by atoms with Crippen molar-refractivity contribution in [3.05, 3.63) is 102 Å². The highest BCUT2D eigenvalue weighted by atomic mass is 19.1. The summed E-state index contributed by atoms with van der Waals surface area (Å²) in [5, 5.41) is 4.20. The highest BCUT2D eigenvalue weighted by Crippen LogP contribution is 2.09. The topological polar surface area (TPSA) is 54.4 Å². The maximum Gasteiger partial charge on any atom is 0.271 e. The van der Waals surface area contributed by atoms with E-state index in [1.54, 1.807) is 18.3 Å². The van der Waals surface area contributed by atoms with Crippen LogP contribution in [0.3, 0.4) is 0 Å². The highest BCUT2D eigenvalue weighted by molar-refractivity contribution is 6.12. The molecule has 5 heteroatoms. The molecule has 0 aliphatic carbocycles. The van der Waals surface area contributed by atoms with Crippen molar-refractivity contribution < 1.29 is 9.18 Å². The second-order valence-electron chi connectivity index (χ2n) is 4.99. The van der Waals surface area contributed by atoms with Crippen molar-refractivity contribution in [1.29, 1.82) is 0 Å². The number of benzene rings is 2. The van der Waals surface area contributed by atoms with Crippen LogP contribution in [0.4, 0.5) is 4.39 Å². The van der Waals surface area contributed by atoms with Gasteiger partial charge in [-0.15, -0.1) is 0 Å². The van der Waals surface area contributed by atoms with E-state index in [9.17, 15) is 9.18 Å². The molecule has 24 heavy (non-hydrogen) atoms. The van der Waals surface area contributed by atoms with E-state index in [2.05, 4.69) is 15.5 Å². The maximum atomic E-state index is 13.2. The minimum atomic E-state index is -0.487. The Morgan fingerprint density at radius 3 is 2.38 bits per heavy atom. The third-order valence-electron chi connectivity index (χ3n) is 3.31. The number of carbonyl (C=O) groups excluding carboxylic acids is 1. The molecule has 2 aromatic carbocycles.